The highest BCUT2D eigenvalue weighted by molar-refractivity contribution is 6.55. The minimum absolute atomic E-state index is 0. The first-order valence-electron chi connectivity index (χ1n) is 11.5. The standard InChI is InChI=1S/C4H11B.3C3H8.5C2H6.4CH4.2B.2H2/c1-4-5(2)3;3*1-3-2;5*1-2;;;;;;;;/h4H2,1-3H3;3*3H2,1-2H3;5*1-2H3;4*1H4;;;2*1H/i;;;;;;;;;;;;;;;2*1+1. The molecule has 6 radical (unpaired) electrons. The topological polar surface area (TPSA) is 0 Å². The molecule has 0 amide bonds. The van der Waals surface area contributed by atoms with E-state index in [-0.39, 0.29) is 49.4 Å². The van der Waals surface area contributed by atoms with Crippen molar-refractivity contribution < 1.29 is 2.85 Å². The normalized spacial score (nSPS) is 4.10. The van der Waals surface area contributed by atoms with Gasteiger partial charge in [0.25, 0.3) is 0 Å². The Morgan fingerprint density at radius 1 is 0.400 bits per heavy atom. The Hall–Kier alpha value is 0.195. The Bertz CT molecular complexity index is 57.4. The number of hydrogen-bond acceptors (Lipinski definition) is 0. The van der Waals surface area contributed by atoms with Crippen LogP contribution < -0.4 is 0 Å². The van der Waals surface area contributed by atoms with Crippen LogP contribution in [0.15, 0.2) is 0 Å². The maximum Gasteiger partial charge on any atom is 0.133 e. The van der Waals surface area contributed by atoms with Gasteiger partial charge in [0.2, 0.25) is 0 Å². The van der Waals surface area contributed by atoms with Crippen LogP contribution in [0.3, 0.4) is 0 Å². The largest absolute Gasteiger partial charge is 0.133 e. The first-order chi connectivity index (χ1) is 11.5. The molecule has 0 aromatic carbocycles. The highest BCUT2D eigenvalue weighted by Crippen LogP contribution is 1.83. The van der Waals surface area contributed by atoms with Crippen molar-refractivity contribution in [3.63, 3.8) is 0 Å². The third-order valence-electron chi connectivity index (χ3n) is 0.816. The first kappa shape index (κ1) is 111. The van der Waals surface area contributed by atoms with Gasteiger partial charge >= 0.3 is 0 Å². The minimum atomic E-state index is 0. The van der Waals surface area contributed by atoms with Crippen LogP contribution in [-0.2, 0) is 0 Å². The van der Waals surface area contributed by atoms with E-state index in [0.29, 0.717) is 0 Å². The van der Waals surface area contributed by atoms with Gasteiger partial charge in [-0.25, -0.2) is 0 Å². The van der Waals surface area contributed by atoms with Crippen LogP contribution in [0.25, 0.3) is 0 Å². The molecule has 0 aliphatic carbocycles. The van der Waals surface area contributed by atoms with Crippen LogP contribution in [0.2, 0.25) is 20.0 Å². The lowest BCUT2D eigenvalue weighted by atomic mass is 9.53. The van der Waals surface area contributed by atoms with Crippen molar-refractivity contribution in [3.8, 4) is 0 Å². The van der Waals surface area contributed by atoms with Crippen LogP contribution in [-0.4, -0.2) is 23.5 Å². The summed E-state index contributed by atoms with van der Waals surface area (Å²) in [5.41, 5.74) is 0. The molecule has 0 nitrogen and oxygen atoms in total. The molecular weight excluding hydrogens is 357 g/mol. The molecule has 0 atom stereocenters. The summed E-state index contributed by atoms with van der Waals surface area (Å²) >= 11 is 0. The summed E-state index contributed by atoms with van der Waals surface area (Å²) in [6.45, 7) is 40.3. The van der Waals surface area contributed by atoms with Gasteiger partial charge in [0, 0.05) is 19.7 Å². The first-order valence-corrected chi connectivity index (χ1v) is 11.5. The molecule has 0 spiro atoms. The maximum absolute atomic E-state index is 2.22. The van der Waals surface area contributed by atoms with Gasteiger partial charge in [0.1, 0.15) is 6.71 Å². The summed E-state index contributed by atoms with van der Waals surface area (Å²) in [5, 5.41) is 0. The molecule has 202 valence electrons. The maximum atomic E-state index is 2.22. The average Bonchev–Trinajstić information content (AvgIpc) is 2.65. The smallest absolute Gasteiger partial charge is 0.0863 e. The van der Waals surface area contributed by atoms with Crippen molar-refractivity contribution >= 4 is 23.5 Å². The van der Waals surface area contributed by atoms with E-state index in [1.54, 1.807) is 0 Å². The summed E-state index contributed by atoms with van der Waals surface area (Å²) in [6, 6.07) is 0. The monoisotopic (exact) mass is 445 g/mol. The molecule has 3 heteroatoms. The molecule has 0 rings (SSSR count). The summed E-state index contributed by atoms with van der Waals surface area (Å²) in [7, 11) is 0. The predicted octanol–water partition coefficient (Wildman–Crippen LogP) is 13.4. The molecule has 0 saturated carbocycles. The summed E-state index contributed by atoms with van der Waals surface area (Å²) in [4.78, 5) is 0. The highest BCUT2D eigenvalue weighted by Gasteiger charge is 1.86. The van der Waals surface area contributed by atoms with E-state index in [1.165, 1.54) is 25.6 Å². The quantitative estimate of drug-likeness (QED) is 0.353. The lowest BCUT2D eigenvalue weighted by molar-refractivity contribution is 1.09. The molecule has 0 heterocycles. The van der Waals surface area contributed by atoms with Crippen LogP contribution in [0.4, 0.5) is 0 Å². The Kier molecular flexibility index (Phi) is 1670. The fourth-order valence-corrected chi connectivity index (χ4v) is 0. The van der Waals surface area contributed by atoms with E-state index in [4.69, 9.17) is 0 Å². The van der Waals surface area contributed by atoms with E-state index in [2.05, 4.69) is 62.1 Å². The van der Waals surface area contributed by atoms with E-state index in [1.807, 2.05) is 69.2 Å². The van der Waals surface area contributed by atoms with Gasteiger partial charge in [-0.05, 0) is 0 Å². The van der Waals surface area contributed by atoms with Crippen LogP contribution in [0.5, 0.6) is 0 Å². The molecule has 0 fully saturated rings. The van der Waals surface area contributed by atoms with Crippen molar-refractivity contribution in [1.29, 1.82) is 0 Å². The van der Waals surface area contributed by atoms with Crippen LogP contribution >= 0.6 is 0 Å². The van der Waals surface area contributed by atoms with Gasteiger partial charge in [-0.1, -0.05) is 187 Å². The summed E-state index contributed by atoms with van der Waals surface area (Å²) < 4.78 is 0. The third-order valence-corrected chi connectivity index (χ3v) is 0.816. The van der Waals surface area contributed by atoms with E-state index < -0.39 is 0 Å². The molecule has 0 aromatic heterocycles. The lowest BCUT2D eigenvalue weighted by Crippen LogP contribution is -1.92. The second-order valence-corrected chi connectivity index (χ2v) is 3.92. The molecule has 0 aromatic rings. The van der Waals surface area contributed by atoms with Gasteiger partial charge in [-0.2, -0.15) is 0 Å². The van der Waals surface area contributed by atoms with Crippen molar-refractivity contribution in [1.82, 2.24) is 0 Å². The zero-order valence-electron chi connectivity index (χ0n) is 23.6. The summed E-state index contributed by atoms with van der Waals surface area (Å²) in [5.74, 6) is 0. The number of hydrogen-bond donors (Lipinski definition) is 0. The fraction of sp³-hybridized carbons (Fsp3) is 1.00. The molecular formula is C27H85B3. The Balaban J connectivity index is -0.00000000522. The average molecular weight is 444 g/mol. The van der Waals surface area contributed by atoms with E-state index in [9.17, 15) is 0 Å². The molecule has 30 heavy (non-hydrogen) atoms. The second kappa shape index (κ2) is 448. The molecule has 0 aliphatic heterocycles. The van der Waals surface area contributed by atoms with Gasteiger partial charge in [-0.15, -0.1) is 0 Å². The van der Waals surface area contributed by atoms with Gasteiger partial charge in [0.15, 0.2) is 0 Å². The molecule has 0 N–H and O–H groups in total. The lowest BCUT2D eigenvalue weighted by Gasteiger charge is -1.84. The third kappa shape index (κ3) is 4330. The zero-order chi connectivity index (χ0) is 22.4. The van der Waals surface area contributed by atoms with Gasteiger partial charge in [-0.3, -0.25) is 0 Å². The van der Waals surface area contributed by atoms with Crippen LogP contribution in [0.1, 0.15) is 170 Å². The van der Waals surface area contributed by atoms with Crippen LogP contribution in [0, 0.1) is 0 Å². The van der Waals surface area contributed by atoms with E-state index in [0.717, 1.165) is 6.71 Å². The van der Waals surface area contributed by atoms with Crippen molar-refractivity contribution in [3.05, 3.63) is 0 Å². The van der Waals surface area contributed by atoms with Gasteiger partial charge in [0.05, 0.1) is 0 Å². The van der Waals surface area contributed by atoms with E-state index >= 15 is 0 Å². The Morgan fingerprint density at radius 3 is 0.433 bits per heavy atom. The predicted molar refractivity (Wildman–Crippen MR) is 175 cm³/mol. The zero-order valence-corrected chi connectivity index (χ0v) is 23.6. The Morgan fingerprint density at radius 2 is 0.433 bits per heavy atom. The highest BCUT2D eigenvalue weighted by atomic mass is 13.5. The van der Waals surface area contributed by atoms with Gasteiger partial charge < -0.3 is 0 Å². The minimum Gasteiger partial charge on any atom is -0.0863 e. The molecule has 0 saturated heterocycles. The SMILES string of the molecule is C.C.C.C.CC.CC.CC.CC.CC.CCB(C)C.CCC.CCC.CCC.[2HH].[2HH].[B].[B]. The molecule has 0 unspecified atom stereocenters. The van der Waals surface area contributed by atoms with Crippen molar-refractivity contribution in [2.75, 3.05) is 0 Å². The molecule has 0 aliphatic rings. The second-order valence-electron chi connectivity index (χ2n) is 3.92. The van der Waals surface area contributed by atoms with Crippen molar-refractivity contribution in [2.45, 2.75) is 187 Å². The van der Waals surface area contributed by atoms with Crippen molar-refractivity contribution in [2.24, 2.45) is 0 Å². The number of rotatable bonds is 1. The Labute approximate surface area is 213 Å². The summed E-state index contributed by atoms with van der Waals surface area (Å²) in [6.07, 6.45) is 5.06. The fourth-order valence-electron chi connectivity index (χ4n) is 0. The molecule has 0 bridgehead atoms.